The molecule has 0 saturated carbocycles. The molecule has 0 rings (SSSR count). The standard InChI is InChI=1S/2C3H8.4C2H6.2CH4/c2*1-3-2;4*1-2;;/h2*3H2,1-2H3;4*1-2H3;2*1H4. The minimum Gasteiger partial charge on any atom is -0.0776 e. The maximum Gasteiger partial charge on any atom is -0.0590 e. The summed E-state index contributed by atoms with van der Waals surface area (Å²) in [6, 6.07) is 0. The Balaban J connectivity index is -0.00000000791. The molecule has 0 fully saturated rings. The Hall–Kier alpha value is 0. The second kappa shape index (κ2) is 735. The number of rotatable bonds is 0. The quantitative estimate of drug-likeness (QED) is 0.400. The SMILES string of the molecule is C.C.CC.CC.CC.CC.CCC.CCC. The van der Waals surface area contributed by atoms with Gasteiger partial charge in [0.2, 0.25) is 0 Å². The summed E-state index contributed by atoms with van der Waals surface area (Å²) in [6.07, 6.45) is 2.50. The van der Waals surface area contributed by atoms with Crippen LogP contribution in [0.4, 0.5) is 0 Å². The molecule has 0 bridgehead atoms. The summed E-state index contributed by atoms with van der Waals surface area (Å²) >= 11 is 0. The van der Waals surface area contributed by atoms with Crippen molar-refractivity contribution in [2.45, 2.75) is 111 Å². The van der Waals surface area contributed by atoms with Crippen molar-refractivity contribution in [1.29, 1.82) is 0 Å². The molecule has 0 aliphatic rings. The highest BCUT2D eigenvalue weighted by Gasteiger charge is 1.36. The molecule has 112 valence electrons. The monoisotopic (exact) mass is 240 g/mol. The van der Waals surface area contributed by atoms with Gasteiger partial charge in [-0.05, 0) is 0 Å². The fraction of sp³-hybridized carbons (Fsp3) is 1.00. The summed E-state index contributed by atoms with van der Waals surface area (Å²) in [5.74, 6) is 0. The Labute approximate surface area is 111 Å². The van der Waals surface area contributed by atoms with E-state index < -0.39 is 0 Å². The zero-order valence-corrected chi connectivity index (χ0v) is 13.4. The van der Waals surface area contributed by atoms with Gasteiger partial charge in [-0.3, -0.25) is 0 Å². The van der Waals surface area contributed by atoms with Crippen LogP contribution < -0.4 is 0 Å². The highest BCUT2D eigenvalue weighted by atomic mass is 13.4. The molecular weight excluding hydrogens is 192 g/mol. The summed E-state index contributed by atoms with van der Waals surface area (Å²) in [6.45, 7) is 24.5. The second-order valence-electron chi connectivity index (χ2n) is 1.41. The smallest absolute Gasteiger partial charge is 0.0590 e. The lowest BCUT2D eigenvalue weighted by Crippen LogP contribution is -1.27. The van der Waals surface area contributed by atoms with Crippen molar-refractivity contribution in [1.82, 2.24) is 0 Å². The molecule has 0 radical (unpaired) electrons. The molecule has 16 heavy (non-hydrogen) atoms. The van der Waals surface area contributed by atoms with Crippen molar-refractivity contribution in [2.75, 3.05) is 0 Å². The van der Waals surface area contributed by atoms with Crippen molar-refractivity contribution >= 4 is 0 Å². The fourth-order valence-corrected chi connectivity index (χ4v) is 0. The van der Waals surface area contributed by atoms with Crippen LogP contribution >= 0.6 is 0 Å². The molecule has 0 spiro atoms. The van der Waals surface area contributed by atoms with Crippen LogP contribution in [0.1, 0.15) is 111 Å². The lowest BCUT2D eigenvalue weighted by molar-refractivity contribution is 1.09. The first-order chi connectivity index (χ1) is 6.83. The Morgan fingerprint density at radius 1 is 0.375 bits per heavy atom. The Morgan fingerprint density at radius 2 is 0.375 bits per heavy atom. The molecule has 0 aromatic carbocycles. The third-order valence-corrected chi connectivity index (χ3v) is 0. The lowest BCUT2D eigenvalue weighted by Gasteiger charge is -1.48. The molecule has 0 nitrogen and oxygen atoms in total. The van der Waals surface area contributed by atoms with Crippen LogP contribution in [0.5, 0.6) is 0 Å². The van der Waals surface area contributed by atoms with E-state index in [0.29, 0.717) is 0 Å². The van der Waals surface area contributed by atoms with E-state index in [1.807, 2.05) is 55.4 Å². The van der Waals surface area contributed by atoms with Crippen molar-refractivity contribution in [3.8, 4) is 0 Å². The maximum atomic E-state index is 2.12. The predicted octanol–water partition coefficient (Wildman–Crippen LogP) is 8.21. The highest BCUT2D eigenvalue weighted by molar-refractivity contribution is 3.92. The molecule has 0 heteroatoms. The van der Waals surface area contributed by atoms with E-state index in [9.17, 15) is 0 Å². The third-order valence-electron chi connectivity index (χ3n) is 0. The maximum absolute atomic E-state index is 2.12. The topological polar surface area (TPSA) is 0 Å². The van der Waals surface area contributed by atoms with Gasteiger partial charge in [0.25, 0.3) is 0 Å². The van der Waals surface area contributed by atoms with Crippen LogP contribution in [0.3, 0.4) is 0 Å². The summed E-state index contributed by atoms with van der Waals surface area (Å²) in [4.78, 5) is 0. The van der Waals surface area contributed by atoms with Crippen LogP contribution in [0.2, 0.25) is 0 Å². The molecule has 0 saturated heterocycles. The van der Waals surface area contributed by atoms with E-state index in [1.54, 1.807) is 0 Å². The molecule has 0 heterocycles. The molecule has 0 unspecified atom stereocenters. The van der Waals surface area contributed by atoms with Crippen LogP contribution in [-0.4, -0.2) is 0 Å². The number of hydrogen-bond donors (Lipinski definition) is 0. The molecule has 0 aliphatic heterocycles. The van der Waals surface area contributed by atoms with Gasteiger partial charge in [0, 0.05) is 0 Å². The van der Waals surface area contributed by atoms with Crippen LogP contribution in [0.15, 0.2) is 0 Å². The van der Waals surface area contributed by atoms with Crippen LogP contribution in [0, 0.1) is 0 Å². The minimum atomic E-state index is 0. The van der Waals surface area contributed by atoms with Gasteiger partial charge in [-0.25, -0.2) is 0 Å². The van der Waals surface area contributed by atoms with Crippen LogP contribution in [0.25, 0.3) is 0 Å². The summed E-state index contributed by atoms with van der Waals surface area (Å²) < 4.78 is 0. The third kappa shape index (κ3) is 0. The first-order valence-corrected chi connectivity index (χ1v) is 6.83. The zero-order valence-electron chi connectivity index (χ0n) is 13.4. The zero-order chi connectivity index (χ0) is 13.4. The molecule has 0 aliphatic carbocycles. The van der Waals surface area contributed by atoms with Crippen molar-refractivity contribution < 1.29 is 0 Å². The van der Waals surface area contributed by atoms with Crippen LogP contribution in [-0.2, 0) is 0 Å². The van der Waals surface area contributed by atoms with Crippen molar-refractivity contribution in [2.24, 2.45) is 0 Å². The number of hydrogen-bond acceptors (Lipinski definition) is 0. The molecule has 0 aromatic rings. The summed E-state index contributed by atoms with van der Waals surface area (Å²) in [7, 11) is 0. The lowest BCUT2D eigenvalue weighted by atomic mass is 10.6. The predicted molar refractivity (Wildman–Crippen MR) is 90.8 cm³/mol. The summed E-state index contributed by atoms with van der Waals surface area (Å²) in [5, 5.41) is 0. The van der Waals surface area contributed by atoms with Crippen molar-refractivity contribution in [3.63, 3.8) is 0 Å². The first-order valence-electron chi connectivity index (χ1n) is 6.83. The van der Waals surface area contributed by atoms with E-state index in [4.69, 9.17) is 0 Å². The van der Waals surface area contributed by atoms with E-state index >= 15 is 0 Å². The fourth-order valence-electron chi connectivity index (χ4n) is 0. The highest BCUT2D eigenvalue weighted by Crippen LogP contribution is 1.56. The largest absolute Gasteiger partial charge is 0.0776 e. The van der Waals surface area contributed by atoms with Gasteiger partial charge in [0.1, 0.15) is 0 Å². The molecule has 0 amide bonds. The Kier molecular flexibility index (Phi) is 2580. The Bertz CT molecular complexity index is 2.00. The van der Waals surface area contributed by atoms with E-state index in [0.717, 1.165) is 0 Å². The van der Waals surface area contributed by atoms with E-state index in [-0.39, 0.29) is 14.9 Å². The van der Waals surface area contributed by atoms with Gasteiger partial charge in [0.05, 0.1) is 0 Å². The average Bonchev–Trinajstić information content (AvgIpc) is 2.31. The molecule has 0 aromatic heterocycles. The van der Waals surface area contributed by atoms with Gasteiger partial charge in [-0.2, -0.15) is 0 Å². The van der Waals surface area contributed by atoms with E-state index in [2.05, 4.69) is 27.7 Å². The Morgan fingerprint density at radius 3 is 0.375 bits per heavy atom. The molecular formula is C16H48. The second-order valence-corrected chi connectivity index (χ2v) is 1.41. The van der Waals surface area contributed by atoms with E-state index in [1.165, 1.54) is 12.8 Å². The van der Waals surface area contributed by atoms with Gasteiger partial charge in [0.15, 0.2) is 0 Å². The first kappa shape index (κ1) is 56.2. The normalized spacial score (nSPS) is 3.75. The molecule has 0 atom stereocenters. The average molecular weight is 241 g/mol. The van der Waals surface area contributed by atoms with Crippen molar-refractivity contribution in [3.05, 3.63) is 0 Å². The van der Waals surface area contributed by atoms with Gasteiger partial charge >= 0.3 is 0 Å². The summed E-state index contributed by atoms with van der Waals surface area (Å²) in [5.41, 5.74) is 0. The van der Waals surface area contributed by atoms with Gasteiger partial charge in [-0.1, -0.05) is 111 Å². The minimum absolute atomic E-state index is 0. The van der Waals surface area contributed by atoms with Gasteiger partial charge in [-0.15, -0.1) is 0 Å². The van der Waals surface area contributed by atoms with Gasteiger partial charge < -0.3 is 0 Å². The molecule has 0 N–H and O–H groups in total.